The molecule has 1 amide bonds. The summed E-state index contributed by atoms with van der Waals surface area (Å²) in [6, 6.07) is 11.0. The van der Waals surface area contributed by atoms with E-state index in [1.54, 1.807) is 0 Å². The molecule has 0 aliphatic carbocycles. The zero-order valence-electron chi connectivity index (χ0n) is 13.6. The number of carbonyl (C=O) groups excluding carboxylic acids is 1. The minimum Gasteiger partial charge on any atom is -0.354 e. The highest BCUT2D eigenvalue weighted by Gasteiger charge is 2.25. The van der Waals surface area contributed by atoms with Crippen molar-refractivity contribution in [3.63, 3.8) is 0 Å². The van der Waals surface area contributed by atoms with Crippen LogP contribution in [0.25, 0.3) is 0 Å². The molecule has 0 spiro atoms. The molecule has 0 radical (unpaired) electrons. The highest BCUT2D eigenvalue weighted by Crippen LogP contribution is 2.17. The van der Waals surface area contributed by atoms with E-state index in [4.69, 9.17) is 0 Å². The Balaban J connectivity index is 1.97. The number of hydrogen-bond acceptors (Lipinski definition) is 2. The normalized spacial score (nSPS) is 17.7. The summed E-state index contributed by atoms with van der Waals surface area (Å²) in [6.45, 7) is 8.94. The van der Waals surface area contributed by atoms with Gasteiger partial charge >= 0.3 is 0 Å². The van der Waals surface area contributed by atoms with E-state index in [0.29, 0.717) is 6.04 Å². The molecule has 1 aliphatic heterocycles. The second kappa shape index (κ2) is 7.08. The van der Waals surface area contributed by atoms with Crippen molar-refractivity contribution in [1.29, 1.82) is 0 Å². The third kappa shape index (κ3) is 4.85. The van der Waals surface area contributed by atoms with Gasteiger partial charge in [0.05, 0.1) is 0 Å². The van der Waals surface area contributed by atoms with E-state index in [0.717, 1.165) is 26.1 Å². The first-order valence-corrected chi connectivity index (χ1v) is 8.03. The van der Waals surface area contributed by atoms with Crippen molar-refractivity contribution < 1.29 is 4.79 Å². The highest BCUT2D eigenvalue weighted by molar-refractivity contribution is 5.81. The zero-order valence-corrected chi connectivity index (χ0v) is 13.6. The monoisotopic (exact) mass is 288 g/mol. The Labute approximate surface area is 128 Å². The summed E-state index contributed by atoms with van der Waals surface area (Å²) in [5.41, 5.74) is 1.03. The number of nitrogens with one attached hydrogen (secondary N) is 1. The number of benzene rings is 1. The Morgan fingerprint density at radius 1 is 1.19 bits per heavy atom. The molecule has 21 heavy (non-hydrogen) atoms. The third-order valence-electron chi connectivity index (χ3n) is 4.15. The van der Waals surface area contributed by atoms with Crippen LogP contribution in [0.15, 0.2) is 30.3 Å². The first-order valence-electron chi connectivity index (χ1n) is 8.03. The Hall–Kier alpha value is -1.35. The van der Waals surface area contributed by atoms with Crippen LogP contribution in [0.5, 0.6) is 0 Å². The van der Waals surface area contributed by atoms with Gasteiger partial charge in [0.2, 0.25) is 5.91 Å². The first kappa shape index (κ1) is 16.0. The van der Waals surface area contributed by atoms with Gasteiger partial charge in [0.25, 0.3) is 0 Å². The second-order valence-electron chi connectivity index (χ2n) is 7.05. The molecular formula is C18H28N2O. The van der Waals surface area contributed by atoms with Crippen LogP contribution in [0.3, 0.4) is 0 Å². The van der Waals surface area contributed by atoms with E-state index in [-0.39, 0.29) is 11.3 Å². The largest absolute Gasteiger partial charge is 0.354 e. The van der Waals surface area contributed by atoms with Crippen LogP contribution < -0.4 is 5.32 Å². The molecule has 0 aromatic heterocycles. The molecule has 1 N–H and O–H groups in total. The van der Waals surface area contributed by atoms with E-state index >= 15 is 0 Å². The standard InChI is InChI=1S/C18H28N2O/c1-18(2,3)17(21)19-14-16(20-11-7-8-12-20)13-15-9-5-4-6-10-15/h4-6,9-10,16H,7-8,11-14H2,1-3H3,(H,19,21). The SMILES string of the molecule is CC(C)(C)C(=O)NCC(Cc1ccccc1)N1CCCC1. The Kier molecular flexibility index (Phi) is 5.40. The summed E-state index contributed by atoms with van der Waals surface area (Å²) >= 11 is 0. The molecule has 116 valence electrons. The van der Waals surface area contributed by atoms with Gasteiger partial charge in [-0.25, -0.2) is 0 Å². The van der Waals surface area contributed by atoms with Crippen molar-refractivity contribution in [2.75, 3.05) is 19.6 Å². The molecule has 0 saturated carbocycles. The fourth-order valence-corrected chi connectivity index (χ4v) is 2.80. The Bertz CT molecular complexity index is 444. The van der Waals surface area contributed by atoms with E-state index in [2.05, 4.69) is 40.5 Å². The van der Waals surface area contributed by atoms with E-state index in [1.165, 1.54) is 18.4 Å². The van der Waals surface area contributed by atoms with Gasteiger partial charge in [0, 0.05) is 18.0 Å². The van der Waals surface area contributed by atoms with Gasteiger partial charge < -0.3 is 5.32 Å². The lowest BCUT2D eigenvalue weighted by molar-refractivity contribution is -0.128. The summed E-state index contributed by atoms with van der Waals surface area (Å²) in [5.74, 6) is 0.139. The topological polar surface area (TPSA) is 32.3 Å². The smallest absolute Gasteiger partial charge is 0.225 e. The first-order chi connectivity index (χ1) is 9.97. The lowest BCUT2D eigenvalue weighted by Crippen LogP contribution is -2.46. The van der Waals surface area contributed by atoms with Crippen LogP contribution in [-0.4, -0.2) is 36.5 Å². The number of nitrogens with zero attached hydrogens (tertiary/aromatic N) is 1. The molecule has 1 heterocycles. The Morgan fingerprint density at radius 3 is 2.38 bits per heavy atom. The quantitative estimate of drug-likeness (QED) is 0.903. The number of likely N-dealkylation sites (tertiary alicyclic amines) is 1. The predicted octanol–water partition coefficient (Wildman–Crippen LogP) is 2.86. The maximum absolute atomic E-state index is 12.1. The summed E-state index contributed by atoms with van der Waals surface area (Å²) < 4.78 is 0. The summed E-state index contributed by atoms with van der Waals surface area (Å²) in [4.78, 5) is 14.6. The van der Waals surface area contributed by atoms with Crippen molar-refractivity contribution in [2.45, 2.75) is 46.1 Å². The lowest BCUT2D eigenvalue weighted by Gasteiger charge is -2.29. The molecule has 1 saturated heterocycles. The van der Waals surface area contributed by atoms with Crippen molar-refractivity contribution in [3.8, 4) is 0 Å². The van der Waals surface area contributed by atoms with Crippen LogP contribution >= 0.6 is 0 Å². The number of carbonyl (C=O) groups is 1. The predicted molar refractivity (Wildman–Crippen MR) is 87.2 cm³/mol. The van der Waals surface area contributed by atoms with Gasteiger partial charge in [-0.1, -0.05) is 51.1 Å². The van der Waals surface area contributed by atoms with E-state index in [9.17, 15) is 4.79 Å². The average Bonchev–Trinajstić information content (AvgIpc) is 2.97. The molecule has 1 aliphatic rings. The van der Waals surface area contributed by atoms with Crippen molar-refractivity contribution in [3.05, 3.63) is 35.9 Å². The lowest BCUT2D eigenvalue weighted by atomic mass is 9.95. The van der Waals surface area contributed by atoms with Gasteiger partial charge in [-0.2, -0.15) is 0 Å². The minimum absolute atomic E-state index is 0.139. The third-order valence-corrected chi connectivity index (χ3v) is 4.15. The number of hydrogen-bond donors (Lipinski definition) is 1. The summed E-state index contributed by atoms with van der Waals surface area (Å²) in [5, 5.41) is 3.14. The van der Waals surface area contributed by atoms with Gasteiger partial charge in [-0.05, 0) is 37.9 Å². The zero-order chi connectivity index (χ0) is 15.3. The molecule has 3 nitrogen and oxygen atoms in total. The van der Waals surface area contributed by atoms with E-state index in [1.807, 2.05) is 20.8 Å². The molecule has 0 bridgehead atoms. The number of amides is 1. The van der Waals surface area contributed by atoms with Gasteiger partial charge in [-0.3, -0.25) is 9.69 Å². The minimum atomic E-state index is -0.317. The van der Waals surface area contributed by atoms with Gasteiger partial charge in [0.15, 0.2) is 0 Å². The molecule has 1 fully saturated rings. The van der Waals surface area contributed by atoms with Crippen LogP contribution in [0.4, 0.5) is 0 Å². The summed E-state index contributed by atoms with van der Waals surface area (Å²) in [7, 11) is 0. The fourth-order valence-electron chi connectivity index (χ4n) is 2.80. The van der Waals surface area contributed by atoms with Crippen LogP contribution in [0.1, 0.15) is 39.2 Å². The van der Waals surface area contributed by atoms with Crippen LogP contribution in [0, 0.1) is 5.41 Å². The van der Waals surface area contributed by atoms with Crippen LogP contribution in [0.2, 0.25) is 0 Å². The van der Waals surface area contributed by atoms with E-state index < -0.39 is 0 Å². The van der Waals surface area contributed by atoms with Crippen molar-refractivity contribution in [1.82, 2.24) is 10.2 Å². The van der Waals surface area contributed by atoms with Crippen LogP contribution in [-0.2, 0) is 11.2 Å². The fraction of sp³-hybridized carbons (Fsp3) is 0.611. The molecular weight excluding hydrogens is 260 g/mol. The number of rotatable bonds is 5. The molecule has 1 aromatic rings. The molecule has 3 heteroatoms. The molecule has 1 atom stereocenters. The maximum Gasteiger partial charge on any atom is 0.225 e. The van der Waals surface area contributed by atoms with Gasteiger partial charge in [0.1, 0.15) is 0 Å². The van der Waals surface area contributed by atoms with Gasteiger partial charge in [-0.15, -0.1) is 0 Å². The highest BCUT2D eigenvalue weighted by atomic mass is 16.2. The Morgan fingerprint density at radius 2 is 1.81 bits per heavy atom. The maximum atomic E-state index is 12.1. The second-order valence-corrected chi connectivity index (χ2v) is 7.05. The molecule has 1 unspecified atom stereocenters. The van der Waals surface area contributed by atoms with Crippen molar-refractivity contribution >= 4 is 5.91 Å². The van der Waals surface area contributed by atoms with Crippen molar-refractivity contribution in [2.24, 2.45) is 5.41 Å². The molecule has 1 aromatic carbocycles. The average molecular weight is 288 g/mol. The molecule has 2 rings (SSSR count). The summed E-state index contributed by atoms with van der Waals surface area (Å²) in [6.07, 6.45) is 3.56.